The van der Waals surface area contributed by atoms with Crippen LogP contribution in [-0.4, -0.2) is 42.3 Å². The molecule has 0 fully saturated rings. The molecule has 3 aromatic heterocycles. The smallest absolute Gasteiger partial charge is 0.255 e. The van der Waals surface area contributed by atoms with Crippen molar-refractivity contribution in [2.75, 3.05) is 22.1 Å². The summed E-state index contributed by atoms with van der Waals surface area (Å²) in [5, 5.41) is 24.1. The van der Waals surface area contributed by atoms with Gasteiger partial charge in [-0.05, 0) is 43.1 Å². The number of amides is 1. The van der Waals surface area contributed by atoms with Crippen molar-refractivity contribution < 1.29 is 14.4 Å². The predicted molar refractivity (Wildman–Crippen MR) is 115 cm³/mol. The number of aromatic nitrogens is 5. The topological polar surface area (TPSA) is 134 Å². The molecule has 4 aromatic rings. The van der Waals surface area contributed by atoms with Crippen LogP contribution in [0.3, 0.4) is 0 Å². The van der Waals surface area contributed by atoms with Gasteiger partial charge >= 0.3 is 0 Å². The van der Waals surface area contributed by atoms with E-state index in [4.69, 9.17) is 4.52 Å². The molecule has 0 saturated heterocycles. The average molecular weight is 432 g/mol. The van der Waals surface area contributed by atoms with Crippen molar-refractivity contribution in [3.05, 3.63) is 47.5 Å². The second kappa shape index (κ2) is 6.42. The Morgan fingerprint density at radius 2 is 2.19 bits per heavy atom. The maximum absolute atomic E-state index is 12.2. The maximum Gasteiger partial charge on any atom is 0.255 e. The summed E-state index contributed by atoms with van der Waals surface area (Å²) in [5.74, 6) is 1.64. The lowest BCUT2D eigenvalue weighted by Gasteiger charge is -2.26. The molecule has 3 N–H and O–H groups in total. The lowest BCUT2D eigenvalue weighted by Crippen LogP contribution is -2.30. The summed E-state index contributed by atoms with van der Waals surface area (Å²) in [7, 11) is 0. The Bertz CT molecular complexity index is 1390. The van der Waals surface area contributed by atoms with Crippen molar-refractivity contribution in [2.45, 2.75) is 32.2 Å². The molecule has 1 amide bonds. The van der Waals surface area contributed by atoms with Gasteiger partial charge in [-0.2, -0.15) is 4.98 Å². The van der Waals surface area contributed by atoms with E-state index >= 15 is 0 Å². The Morgan fingerprint density at radius 3 is 3.06 bits per heavy atom. The van der Waals surface area contributed by atoms with Gasteiger partial charge in [0.15, 0.2) is 17.2 Å². The highest BCUT2D eigenvalue weighted by Gasteiger charge is 2.38. The van der Waals surface area contributed by atoms with Gasteiger partial charge in [0.25, 0.3) is 5.88 Å². The minimum atomic E-state index is -0.551. The molecule has 0 aliphatic carbocycles. The lowest BCUT2D eigenvalue weighted by atomic mass is 9.86. The fraction of sp³-hybridized carbons (Fsp3) is 0.286. The van der Waals surface area contributed by atoms with Crippen LogP contribution < -0.4 is 15.5 Å². The molecular weight excluding hydrogens is 412 g/mol. The molecule has 11 heteroatoms. The zero-order chi connectivity index (χ0) is 22.0. The number of rotatable bonds is 3. The zero-order valence-corrected chi connectivity index (χ0v) is 17.5. The van der Waals surface area contributed by atoms with Crippen molar-refractivity contribution in [3.8, 4) is 5.88 Å². The molecule has 1 aromatic carbocycles. The van der Waals surface area contributed by atoms with Gasteiger partial charge in [0.05, 0.1) is 17.5 Å². The Labute approximate surface area is 182 Å². The highest BCUT2D eigenvalue weighted by molar-refractivity contribution is 6.06. The highest BCUT2D eigenvalue weighted by Crippen LogP contribution is 2.39. The quantitative estimate of drug-likeness (QED) is 0.446. The standard InChI is InChI=1S/C21H20N8O3/c1-21(2)13-4-3-11(9-14(13)24-19(21)31)23-20-25-17-16(22-6-8-29(17)26-20)28-7-5-12-15(10-28)32-27-18(12)30/h3-4,6,8-9H,5,7,10H2,1-2H3,(H,23,26)(H,24,31)(H,27,30). The molecule has 0 atom stereocenters. The second-order valence-corrected chi connectivity index (χ2v) is 8.50. The summed E-state index contributed by atoms with van der Waals surface area (Å²) in [6, 6.07) is 5.74. The largest absolute Gasteiger partial charge is 0.491 e. The molecule has 6 rings (SSSR count). The lowest BCUT2D eigenvalue weighted by molar-refractivity contribution is -0.119. The first kappa shape index (κ1) is 18.6. The van der Waals surface area contributed by atoms with Crippen molar-refractivity contribution in [1.82, 2.24) is 24.7 Å². The normalized spacial score (nSPS) is 16.7. The molecule has 2 aliphatic heterocycles. The van der Waals surface area contributed by atoms with E-state index in [0.29, 0.717) is 42.7 Å². The van der Waals surface area contributed by atoms with Gasteiger partial charge in [-0.3, -0.25) is 4.79 Å². The summed E-state index contributed by atoms with van der Waals surface area (Å²) >= 11 is 0. The first-order valence-electron chi connectivity index (χ1n) is 10.3. The summed E-state index contributed by atoms with van der Waals surface area (Å²) < 4.78 is 6.90. The fourth-order valence-corrected chi connectivity index (χ4v) is 4.27. The first-order chi connectivity index (χ1) is 15.4. The molecule has 0 spiro atoms. The third-order valence-electron chi connectivity index (χ3n) is 6.12. The average Bonchev–Trinajstić information content (AvgIpc) is 3.41. The highest BCUT2D eigenvalue weighted by atomic mass is 16.5. The SMILES string of the molecule is CC1(C)C(=O)Nc2cc(Nc3nc4c(N5CCc6c(O)noc6C5)nccn4n3)ccc21. The molecule has 5 heterocycles. The van der Waals surface area contributed by atoms with E-state index < -0.39 is 5.41 Å². The number of nitrogens with one attached hydrogen (secondary N) is 2. The fourth-order valence-electron chi connectivity index (χ4n) is 4.27. The van der Waals surface area contributed by atoms with E-state index in [1.165, 1.54) is 0 Å². The Morgan fingerprint density at radius 1 is 1.31 bits per heavy atom. The van der Waals surface area contributed by atoms with E-state index in [-0.39, 0.29) is 11.8 Å². The van der Waals surface area contributed by atoms with Crippen LogP contribution in [-0.2, 0) is 23.2 Å². The third-order valence-corrected chi connectivity index (χ3v) is 6.12. The Balaban J connectivity index is 1.30. The van der Waals surface area contributed by atoms with E-state index in [1.807, 2.05) is 36.9 Å². The molecule has 32 heavy (non-hydrogen) atoms. The zero-order valence-electron chi connectivity index (χ0n) is 17.5. The van der Waals surface area contributed by atoms with Crippen molar-refractivity contribution in [3.63, 3.8) is 0 Å². The van der Waals surface area contributed by atoms with Crippen molar-refractivity contribution in [1.29, 1.82) is 0 Å². The first-order valence-corrected chi connectivity index (χ1v) is 10.3. The van der Waals surface area contributed by atoms with Crippen LogP contribution >= 0.6 is 0 Å². The number of nitrogens with zero attached hydrogens (tertiary/aromatic N) is 6. The van der Waals surface area contributed by atoms with Gasteiger partial charge < -0.3 is 25.2 Å². The van der Waals surface area contributed by atoms with E-state index in [1.54, 1.807) is 16.9 Å². The number of carbonyl (C=O) groups excluding carboxylic acids is 1. The molecule has 0 radical (unpaired) electrons. The van der Waals surface area contributed by atoms with Gasteiger partial charge in [0.2, 0.25) is 11.9 Å². The molecule has 11 nitrogen and oxygen atoms in total. The van der Waals surface area contributed by atoms with Crippen LogP contribution in [0.5, 0.6) is 5.88 Å². The monoisotopic (exact) mass is 432 g/mol. The van der Waals surface area contributed by atoms with Gasteiger partial charge in [0, 0.05) is 30.3 Å². The van der Waals surface area contributed by atoms with Gasteiger partial charge in [-0.1, -0.05) is 6.07 Å². The van der Waals surface area contributed by atoms with Gasteiger partial charge in [-0.25, -0.2) is 9.50 Å². The molecular formula is C21H20N8O3. The number of benzene rings is 1. The number of fused-ring (bicyclic) bond motifs is 3. The van der Waals surface area contributed by atoms with E-state index in [9.17, 15) is 9.90 Å². The van der Waals surface area contributed by atoms with Crippen LogP contribution in [0.2, 0.25) is 0 Å². The number of aromatic hydroxyl groups is 1. The third kappa shape index (κ3) is 2.70. The van der Waals surface area contributed by atoms with Crippen LogP contribution in [0, 0.1) is 0 Å². The Kier molecular flexibility index (Phi) is 3.73. The summed E-state index contributed by atoms with van der Waals surface area (Å²) in [6.45, 7) is 4.89. The van der Waals surface area contributed by atoms with Crippen LogP contribution in [0.1, 0.15) is 30.7 Å². The van der Waals surface area contributed by atoms with Crippen LogP contribution in [0.15, 0.2) is 35.1 Å². The van der Waals surface area contributed by atoms with E-state index in [2.05, 4.69) is 30.9 Å². The molecule has 0 bridgehead atoms. The minimum Gasteiger partial charge on any atom is -0.491 e. The minimum absolute atomic E-state index is 0.0176. The van der Waals surface area contributed by atoms with E-state index in [0.717, 1.165) is 22.5 Å². The summed E-state index contributed by atoms with van der Waals surface area (Å²) in [5.41, 5.74) is 3.30. The molecule has 0 unspecified atom stereocenters. The predicted octanol–water partition coefficient (Wildman–Crippen LogP) is 2.35. The number of hydrogen-bond acceptors (Lipinski definition) is 9. The maximum atomic E-state index is 12.2. The summed E-state index contributed by atoms with van der Waals surface area (Å²) in [4.78, 5) is 23.4. The molecule has 0 saturated carbocycles. The second-order valence-electron chi connectivity index (χ2n) is 8.50. The van der Waals surface area contributed by atoms with Gasteiger partial charge in [-0.15, -0.1) is 5.10 Å². The molecule has 162 valence electrons. The van der Waals surface area contributed by atoms with Crippen molar-refractivity contribution in [2.24, 2.45) is 0 Å². The van der Waals surface area contributed by atoms with Crippen LogP contribution in [0.4, 0.5) is 23.1 Å². The number of hydrogen-bond donors (Lipinski definition) is 3. The van der Waals surface area contributed by atoms with Gasteiger partial charge in [0.1, 0.15) is 0 Å². The van der Waals surface area contributed by atoms with Crippen LogP contribution in [0.25, 0.3) is 5.65 Å². The molecule has 2 aliphatic rings. The number of carbonyl (C=O) groups is 1. The number of anilines is 4. The summed E-state index contributed by atoms with van der Waals surface area (Å²) in [6.07, 6.45) is 4.00. The van der Waals surface area contributed by atoms with Crippen molar-refractivity contribution >= 4 is 34.7 Å². The Hall–Kier alpha value is -4.15.